The molecule has 1 heterocycles. The summed E-state index contributed by atoms with van der Waals surface area (Å²) in [5, 5.41) is 0. The average molecular weight is 309 g/mol. The number of hydrogen-bond acceptors (Lipinski definition) is 2. The molecule has 90 valence electrons. The van der Waals surface area contributed by atoms with Gasteiger partial charge in [0.2, 0.25) is 0 Å². The van der Waals surface area contributed by atoms with Crippen LogP contribution in [0.15, 0.2) is 30.6 Å². The second-order valence-corrected chi connectivity index (χ2v) is 3.72. The Hall–Kier alpha value is -1.01. The van der Waals surface area contributed by atoms with E-state index in [0.29, 0.717) is 0 Å². The quantitative estimate of drug-likeness (QED) is 0.552. The molecule has 0 saturated heterocycles. The molecule has 2 rings (SSSR count). The number of benzene rings is 1. The number of nitrogens with zero attached hydrogens (tertiary/aromatic N) is 2. The number of hydrogen-bond donors (Lipinski definition) is 0. The summed E-state index contributed by atoms with van der Waals surface area (Å²) in [5.41, 5.74) is 4.53. The summed E-state index contributed by atoms with van der Waals surface area (Å²) < 4.78 is 0. The summed E-state index contributed by atoms with van der Waals surface area (Å²) in [6, 6.07) is 10.9. The standard InChI is InChI=1S/C7H10N2.C7H7.Mo/c1-5-6(2)8-4-9-7(5)3;1-7-5-3-2-4-6-7;/h4H,1-3H3;2-5H,1H3;/q;-1;. The zero-order valence-corrected chi connectivity index (χ0v) is 12.7. The van der Waals surface area contributed by atoms with Crippen LogP contribution in [0.1, 0.15) is 22.5 Å². The summed E-state index contributed by atoms with van der Waals surface area (Å²) in [6.07, 6.45) is 1.59. The van der Waals surface area contributed by atoms with Crippen molar-refractivity contribution >= 4 is 0 Å². The first-order valence-corrected chi connectivity index (χ1v) is 5.29. The van der Waals surface area contributed by atoms with Gasteiger partial charge in [0.05, 0.1) is 0 Å². The zero-order valence-electron chi connectivity index (χ0n) is 10.7. The molecule has 3 heteroatoms. The topological polar surface area (TPSA) is 25.8 Å². The molecule has 0 atom stereocenters. The van der Waals surface area contributed by atoms with Crippen molar-refractivity contribution in [1.82, 2.24) is 9.97 Å². The van der Waals surface area contributed by atoms with Crippen LogP contribution in [0.2, 0.25) is 0 Å². The van der Waals surface area contributed by atoms with Crippen LogP contribution in [-0.4, -0.2) is 9.97 Å². The molecule has 2 aromatic rings. The van der Waals surface area contributed by atoms with E-state index in [2.05, 4.69) is 16.0 Å². The van der Waals surface area contributed by atoms with E-state index in [1.54, 1.807) is 6.33 Å². The predicted molar refractivity (Wildman–Crippen MR) is 66.3 cm³/mol. The molecular weight excluding hydrogens is 292 g/mol. The smallest absolute Gasteiger partial charge is 0.115 e. The Balaban J connectivity index is 0.000000292. The van der Waals surface area contributed by atoms with E-state index in [4.69, 9.17) is 0 Å². The van der Waals surface area contributed by atoms with E-state index in [1.807, 2.05) is 52.0 Å². The van der Waals surface area contributed by atoms with Crippen molar-refractivity contribution in [3.05, 3.63) is 59.2 Å². The Morgan fingerprint density at radius 3 is 1.82 bits per heavy atom. The molecule has 17 heavy (non-hydrogen) atoms. The van der Waals surface area contributed by atoms with Crippen molar-refractivity contribution in [3.8, 4) is 0 Å². The molecule has 2 nitrogen and oxygen atoms in total. The van der Waals surface area contributed by atoms with E-state index < -0.39 is 0 Å². The zero-order chi connectivity index (χ0) is 12.0. The molecule has 0 aliphatic rings. The third-order valence-corrected chi connectivity index (χ3v) is 2.45. The van der Waals surface area contributed by atoms with Crippen molar-refractivity contribution in [3.63, 3.8) is 0 Å². The second kappa shape index (κ2) is 8.13. The fourth-order valence-corrected chi connectivity index (χ4v) is 1.14. The summed E-state index contributed by atoms with van der Waals surface area (Å²) in [6.45, 7) is 8.04. The van der Waals surface area contributed by atoms with Crippen LogP contribution < -0.4 is 0 Å². The van der Waals surface area contributed by atoms with Crippen molar-refractivity contribution < 1.29 is 21.1 Å². The van der Waals surface area contributed by atoms with E-state index >= 15 is 0 Å². The van der Waals surface area contributed by atoms with Gasteiger partial charge in [0.15, 0.2) is 0 Å². The van der Waals surface area contributed by atoms with E-state index in [-0.39, 0.29) is 21.1 Å². The molecular formula is C14H17MoN2-. The Morgan fingerprint density at radius 2 is 1.53 bits per heavy atom. The Morgan fingerprint density at radius 1 is 0.941 bits per heavy atom. The van der Waals surface area contributed by atoms with Crippen molar-refractivity contribution in [2.24, 2.45) is 0 Å². The minimum absolute atomic E-state index is 0. The normalized spacial score (nSPS) is 8.71. The summed E-state index contributed by atoms with van der Waals surface area (Å²) in [4.78, 5) is 8.06. The summed E-state index contributed by atoms with van der Waals surface area (Å²) >= 11 is 0. The molecule has 0 bridgehead atoms. The minimum Gasteiger partial charge on any atom is -0.241 e. The van der Waals surface area contributed by atoms with Crippen LogP contribution in [-0.2, 0) is 21.1 Å². The van der Waals surface area contributed by atoms with Crippen LogP contribution in [0, 0.1) is 33.8 Å². The molecule has 0 saturated carbocycles. The molecule has 0 aliphatic carbocycles. The Kier molecular flexibility index (Phi) is 7.65. The minimum atomic E-state index is 0. The van der Waals surface area contributed by atoms with Gasteiger partial charge in [0.1, 0.15) is 6.33 Å². The second-order valence-electron chi connectivity index (χ2n) is 3.72. The molecule has 0 amide bonds. The molecule has 0 aliphatic heterocycles. The van der Waals surface area contributed by atoms with Crippen LogP contribution in [0.25, 0.3) is 0 Å². The van der Waals surface area contributed by atoms with Crippen molar-refractivity contribution in [2.45, 2.75) is 27.7 Å². The summed E-state index contributed by atoms with van der Waals surface area (Å²) in [5.74, 6) is 0. The van der Waals surface area contributed by atoms with Gasteiger partial charge in [0, 0.05) is 32.5 Å². The molecule has 0 radical (unpaired) electrons. The fourth-order valence-electron chi connectivity index (χ4n) is 1.14. The first kappa shape index (κ1) is 16.0. The van der Waals surface area contributed by atoms with Gasteiger partial charge in [-0.05, 0) is 26.3 Å². The van der Waals surface area contributed by atoms with Crippen molar-refractivity contribution in [2.75, 3.05) is 0 Å². The van der Waals surface area contributed by atoms with Crippen molar-refractivity contribution in [1.29, 1.82) is 0 Å². The van der Waals surface area contributed by atoms with Gasteiger partial charge in [0.25, 0.3) is 0 Å². The molecule has 0 fully saturated rings. The monoisotopic (exact) mass is 311 g/mol. The molecule has 1 aromatic carbocycles. The third-order valence-electron chi connectivity index (χ3n) is 2.45. The number of aromatic nitrogens is 2. The molecule has 0 unspecified atom stereocenters. The Bertz CT molecular complexity index is 421. The van der Waals surface area contributed by atoms with Gasteiger partial charge >= 0.3 is 0 Å². The number of aryl methyl sites for hydroxylation is 3. The molecule has 1 aromatic heterocycles. The average Bonchev–Trinajstić information content (AvgIpc) is 2.28. The van der Waals surface area contributed by atoms with Crippen LogP contribution >= 0.6 is 0 Å². The van der Waals surface area contributed by atoms with Crippen LogP contribution in [0.4, 0.5) is 0 Å². The van der Waals surface area contributed by atoms with E-state index in [0.717, 1.165) is 11.4 Å². The Labute approximate surface area is 118 Å². The van der Waals surface area contributed by atoms with E-state index in [9.17, 15) is 0 Å². The van der Waals surface area contributed by atoms with Gasteiger partial charge in [-0.3, -0.25) is 0 Å². The number of rotatable bonds is 0. The van der Waals surface area contributed by atoms with E-state index in [1.165, 1.54) is 11.1 Å². The first-order valence-electron chi connectivity index (χ1n) is 5.29. The fraction of sp³-hybridized carbons (Fsp3) is 0.286. The molecule has 0 spiro atoms. The van der Waals surface area contributed by atoms with Gasteiger partial charge in [-0.25, -0.2) is 9.97 Å². The van der Waals surface area contributed by atoms with Crippen LogP contribution in [0.5, 0.6) is 0 Å². The van der Waals surface area contributed by atoms with Gasteiger partial charge < -0.3 is 0 Å². The maximum atomic E-state index is 4.03. The maximum absolute atomic E-state index is 4.03. The first-order chi connectivity index (χ1) is 7.61. The maximum Gasteiger partial charge on any atom is 0.115 e. The third kappa shape index (κ3) is 5.74. The van der Waals surface area contributed by atoms with Gasteiger partial charge in [-0.2, -0.15) is 35.9 Å². The van der Waals surface area contributed by atoms with Gasteiger partial charge in [-0.15, -0.1) is 0 Å². The SMILES string of the molecule is Cc1[c-]cccc1.Cc1ncnc(C)c1C.[Mo]. The largest absolute Gasteiger partial charge is 0.241 e. The van der Waals surface area contributed by atoms with Gasteiger partial charge in [-0.1, -0.05) is 6.92 Å². The van der Waals surface area contributed by atoms with Crippen LogP contribution in [0.3, 0.4) is 0 Å². The summed E-state index contributed by atoms with van der Waals surface area (Å²) in [7, 11) is 0. The molecule has 0 N–H and O–H groups in total. The predicted octanol–water partition coefficient (Wildman–Crippen LogP) is 3.19.